The van der Waals surface area contributed by atoms with Gasteiger partial charge >= 0.3 is 11.7 Å². The first-order valence-electron chi connectivity index (χ1n) is 9.05. The van der Waals surface area contributed by atoms with Crippen molar-refractivity contribution >= 4 is 40.7 Å². The first kappa shape index (κ1) is 20.2. The highest BCUT2D eigenvalue weighted by molar-refractivity contribution is 6.42. The molecule has 2 N–H and O–H groups in total. The van der Waals surface area contributed by atoms with Crippen LogP contribution in [0.2, 0.25) is 10.0 Å². The molecule has 1 aromatic carbocycles. The zero-order valence-electron chi connectivity index (χ0n) is 15.4. The van der Waals surface area contributed by atoms with Gasteiger partial charge in [-0.3, -0.25) is 9.88 Å². The number of rotatable bonds is 7. The highest BCUT2D eigenvalue weighted by atomic mass is 35.5. The molecule has 0 radical (unpaired) electrons. The third kappa shape index (κ3) is 4.66. The summed E-state index contributed by atoms with van der Waals surface area (Å²) in [4.78, 5) is 29.3. The lowest BCUT2D eigenvalue weighted by atomic mass is 10.2. The monoisotopic (exact) mass is 421 g/mol. The molecule has 2 aromatic heterocycles. The highest BCUT2D eigenvalue weighted by Crippen LogP contribution is 2.22. The van der Waals surface area contributed by atoms with Gasteiger partial charge in [0.05, 0.1) is 16.6 Å². The highest BCUT2D eigenvalue weighted by Gasteiger charge is 2.11. The smallest absolute Gasteiger partial charge is 0.337 e. The number of anilines is 1. The maximum absolute atomic E-state index is 12.9. The summed E-state index contributed by atoms with van der Waals surface area (Å²) in [6, 6.07) is 8.16. The maximum atomic E-state index is 12.9. The Morgan fingerprint density at radius 3 is 2.71 bits per heavy atom. The number of carbonyl (C=O) groups is 1. The van der Waals surface area contributed by atoms with Crippen molar-refractivity contribution in [3.05, 3.63) is 62.8 Å². The van der Waals surface area contributed by atoms with Crippen LogP contribution >= 0.6 is 23.2 Å². The fourth-order valence-corrected chi connectivity index (χ4v) is 3.13. The second kappa shape index (κ2) is 9.12. The van der Waals surface area contributed by atoms with Gasteiger partial charge in [-0.15, -0.1) is 0 Å². The summed E-state index contributed by atoms with van der Waals surface area (Å²) in [5, 5.41) is 6.37. The molecule has 0 aliphatic heterocycles. The third-order valence-electron chi connectivity index (χ3n) is 4.27. The number of aromatic nitrogens is 3. The van der Waals surface area contributed by atoms with Gasteiger partial charge < -0.3 is 5.32 Å². The van der Waals surface area contributed by atoms with E-state index in [0.29, 0.717) is 28.1 Å². The van der Waals surface area contributed by atoms with Crippen LogP contribution in [0.5, 0.6) is 0 Å². The number of halogens is 2. The first-order chi connectivity index (χ1) is 13.5. The Balaban J connectivity index is 1.80. The van der Waals surface area contributed by atoms with Gasteiger partial charge in [-0.2, -0.15) is 0 Å². The molecule has 2 heterocycles. The fourth-order valence-electron chi connectivity index (χ4n) is 2.81. The normalized spacial score (nSPS) is 11.0. The van der Waals surface area contributed by atoms with Crippen molar-refractivity contribution < 1.29 is 4.79 Å². The number of nitrogens with one attached hydrogen (secondary N) is 2. The molecule has 2 amide bonds. The van der Waals surface area contributed by atoms with E-state index in [9.17, 15) is 9.59 Å². The Morgan fingerprint density at radius 2 is 1.96 bits per heavy atom. The van der Waals surface area contributed by atoms with Crippen molar-refractivity contribution in [3.8, 4) is 0 Å². The predicted molar refractivity (Wildman–Crippen MR) is 112 cm³/mol. The molecule has 0 atom stereocenters. The van der Waals surface area contributed by atoms with Gasteiger partial charge in [0.2, 0.25) is 0 Å². The molecular formula is C19H21Cl2N5O2. The molecular weight excluding hydrogens is 401 g/mol. The number of carbonyl (C=O) groups excluding carboxylic acids is 1. The minimum Gasteiger partial charge on any atom is -0.338 e. The number of fused-ring (bicyclic) bond motifs is 1. The molecule has 0 saturated heterocycles. The lowest BCUT2D eigenvalue weighted by Gasteiger charge is -2.10. The lowest BCUT2D eigenvalue weighted by Crippen LogP contribution is -2.33. The zero-order chi connectivity index (χ0) is 20.1. The lowest BCUT2D eigenvalue weighted by molar-refractivity contribution is 0.252. The number of amides is 2. The number of benzene rings is 1. The van der Waals surface area contributed by atoms with Gasteiger partial charge in [-0.05, 0) is 36.2 Å². The van der Waals surface area contributed by atoms with Gasteiger partial charge in [0.15, 0.2) is 0 Å². The summed E-state index contributed by atoms with van der Waals surface area (Å²) >= 11 is 12.0. The van der Waals surface area contributed by atoms with E-state index < -0.39 is 0 Å². The van der Waals surface area contributed by atoms with Gasteiger partial charge in [-0.25, -0.2) is 19.0 Å². The Morgan fingerprint density at radius 1 is 1.14 bits per heavy atom. The molecule has 0 bridgehead atoms. The van der Waals surface area contributed by atoms with E-state index in [2.05, 4.69) is 22.5 Å². The van der Waals surface area contributed by atoms with E-state index in [1.54, 1.807) is 30.3 Å². The van der Waals surface area contributed by atoms with Crippen LogP contribution in [0.1, 0.15) is 31.7 Å². The number of nitrogens with zero attached hydrogens (tertiary/aromatic N) is 3. The summed E-state index contributed by atoms with van der Waals surface area (Å²) in [6.45, 7) is 2.96. The molecule has 3 aromatic rings. The largest absolute Gasteiger partial charge is 0.338 e. The molecule has 0 saturated carbocycles. The van der Waals surface area contributed by atoms with Crippen molar-refractivity contribution in [3.63, 3.8) is 0 Å². The molecule has 0 fully saturated rings. The summed E-state index contributed by atoms with van der Waals surface area (Å²) < 4.78 is 2.81. The van der Waals surface area contributed by atoms with Crippen molar-refractivity contribution in [2.45, 2.75) is 32.7 Å². The summed E-state index contributed by atoms with van der Waals surface area (Å²) in [7, 11) is 0. The number of unbranched alkanes of at least 4 members (excludes halogenated alkanes) is 2. The summed E-state index contributed by atoms with van der Waals surface area (Å²) in [5.74, 6) is 0.365. The minimum atomic E-state index is -0.351. The molecule has 9 heteroatoms. The number of hydrogen-bond donors (Lipinski definition) is 2. The second-order valence-corrected chi connectivity index (χ2v) is 7.22. The minimum absolute atomic E-state index is 0.277. The Labute approximate surface area is 172 Å². The SMILES string of the molecule is CCCCCNC(=O)Nc1ccc2ncn(Cc3ccc(Cl)c(Cl)c3)c(=O)n12. The van der Waals surface area contributed by atoms with E-state index in [1.165, 1.54) is 15.3 Å². The summed E-state index contributed by atoms with van der Waals surface area (Å²) in [6.07, 6.45) is 4.51. The van der Waals surface area contributed by atoms with Crippen LogP contribution in [0.3, 0.4) is 0 Å². The van der Waals surface area contributed by atoms with Crippen LogP contribution in [-0.4, -0.2) is 26.5 Å². The molecule has 0 aliphatic rings. The van der Waals surface area contributed by atoms with Crippen LogP contribution in [0.15, 0.2) is 41.5 Å². The first-order valence-corrected chi connectivity index (χ1v) is 9.81. The molecule has 0 unspecified atom stereocenters. The Kier molecular flexibility index (Phi) is 6.59. The quantitative estimate of drug-likeness (QED) is 0.561. The van der Waals surface area contributed by atoms with E-state index in [4.69, 9.17) is 23.2 Å². The van der Waals surface area contributed by atoms with Crippen LogP contribution in [-0.2, 0) is 6.54 Å². The van der Waals surface area contributed by atoms with Crippen LogP contribution in [0, 0.1) is 0 Å². The molecule has 148 valence electrons. The molecule has 3 rings (SSSR count). The van der Waals surface area contributed by atoms with Crippen molar-refractivity contribution in [1.29, 1.82) is 0 Å². The summed E-state index contributed by atoms with van der Waals surface area (Å²) in [5.41, 5.74) is 0.951. The van der Waals surface area contributed by atoms with Crippen molar-refractivity contribution in [2.75, 3.05) is 11.9 Å². The molecule has 0 spiro atoms. The fraction of sp³-hybridized carbons (Fsp3) is 0.316. The van der Waals surface area contributed by atoms with E-state index in [1.807, 2.05) is 0 Å². The van der Waals surface area contributed by atoms with Crippen molar-refractivity contribution in [2.24, 2.45) is 0 Å². The third-order valence-corrected chi connectivity index (χ3v) is 5.01. The van der Waals surface area contributed by atoms with E-state index in [0.717, 1.165) is 24.8 Å². The molecule has 0 aliphatic carbocycles. The average Bonchev–Trinajstić information content (AvgIpc) is 3.07. The standard InChI is InChI=1S/C19H21Cl2N5O2/c1-2-3-4-9-22-18(27)24-17-8-7-16-23-12-25(19(28)26(16)17)11-13-5-6-14(20)15(21)10-13/h5-8,10,12H,2-4,9,11H2,1H3,(H2,22,24,27). The molecule has 7 nitrogen and oxygen atoms in total. The Bertz CT molecular complexity index is 1040. The number of hydrogen-bond acceptors (Lipinski definition) is 3. The Hall–Kier alpha value is -2.51. The topological polar surface area (TPSA) is 80.4 Å². The van der Waals surface area contributed by atoms with Crippen LogP contribution in [0.4, 0.5) is 10.6 Å². The van der Waals surface area contributed by atoms with Crippen LogP contribution < -0.4 is 16.3 Å². The van der Waals surface area contributed by atoms with E-state index in [-0.39, 0.29) is 18.3 Å². The second-order valence-electron chi connectivity index (χ2n) is 6.40. The van der Waals surface area contributed by atoms with Crippen molar-refractivity contribution in [1.82, 2.24) is 19.3 Å². The maximum Gasteiger partial charge on any atom is 0.337 e. The molecule has 28 heavy (non-hydrogen) atoms. The number of urea groups is 1. The van der Waals surface area contributed by atoms with Gasteiger partial charge in [0, 0.05) is 6.54 Å². The van der Waals surface area contributed by atoms with Crippen LogP contribution in [0.25, 0.3) is 5.65 Å². The average molecular weight is 422 g/mol. The van der Waals surface area contributed by atoms with Gasteiger partial charge in [0.1, 0.15) is 17.8 Å². The van der Waals surface area contributed by atoms with E-state index >= 15 is 0 Å². The van der Waals surface area contributed by atoms with Gasteiger partial charge in [0.25, 0.3) is 0 Å². The zero-order valence-corrected chi connectivity index (χ0v) is 16.9. The predicted octanol–water partition coefficient (Wildman–Crippen LogP) is 4.16. The van der Waals surface area contributed by atoms with Gasteiger partial charge in [-0.1, -0.05) is 49.0 Å².